The number of hydrogen-bond donors (Lipinski definition) is 1. The first-order valence-electron chi connectivity index (χ1n) is 6.99. The minimum absolute atomic E-state index is 0.146. The van der Waals surface area contributed by atoms with Gasteiger partial charge in [-0.25, -0.2) is 13.1 Å². The number of nitrogens with zero attached hydrogens (tertiary/aromatic N) is 1. The van der Waals surface area contributed by atoms with Crippen LogP contribution in [0.3, 0.4) is 0 Å². The van der Waals surface area contributed by atoms with Crippen LogP contribution in [0.2, 0.25) is 5.02 Å². The molecule has 1 unspecified atom stereocenters. The molecule has 1 aliphatic rings. The average molecular weight is 317 g/mol. The Kier molecular flexibility index (Phi) is 5.43. The number of halogens is 1. The van der Waals surface area contributed by atoms with Crippen molar-refractivity contribution in [3.8, 4) is 0 Å². The Morgan fingerprint density at radius 2 is 1.90 bits per heavy atom. The van der Waals surface area contributed by atoms with E-state index in [2.05, 4.69) is 16.5 Å². The average Bonchev–Trinajstić information content (AvgIpc) is 2.46. The number of nitrogens with one attached hydrogen (secondary N) is 1. The summed E-state index contributed by atoms with van der Waals surface area (Å²) in [5, 5.41) is 0.255. The standard InChI is InChI=1S/C14H21ClN2O2S/c1-12(17-9-5-2-6-10-17)11-16-20(18,19)14-8-4-3-7-13(14)15/h3-4,7-8,12,16H,2,5-6,9-11H2,1H3. The van der Waals surface area contributed by atoms with Crippen molar-refractivity contribution in [1.82, 2.24) is 9.62 Å². The number of hydrogen-bond acceptors (Lipinski definition) is 3. The Morgan fingerprint density at radius 1 is 1.25 bits per heavy atom. The van der Waals surface area contributed by atoms with Gasteiger partial charge in [-0.1, -0.05) is 30.2 Å². The van der Waals surface area contributed by atoms with E-state index in [0.29, 0.717) is 6.54 Å². The Bertz CT molecular complexity index is 542. The lowest BCUT2D eigenvalue weighted by Crippen LogP contribution is -2.44. The molecular weight excluding hydrogens is 296 g/mol. The quantitative estimate of drug-likeness (QED) is 0.908. The molecule has 0 aliphatic carbocycles. The molecule has 0 radical (unpaired) electrons. The molecule has 0 spiro atoms. The fraction of sp³-hybridized carbons (Fsp3) is 0.571. The van der Waals surface area contributed by atoms with Crippen LogP contribution < -0.4 is 4.72 Å². The van der Waals surface area contributed by atoms with Crippen molar-refractivity contribution in [1.29, 1.82) is 0 Å². The molecule has 1 aromatic rings. The zero-order valence-corrected chi connectivity index (χ0v) is 13.3. The second-order valence-electron chi connectivity index (χ2n) is 5.23. The summed E-state index contributed by atoms with van der Waals surface area (Å²) in [5.74, 6) is 0. The summed E-state index contributed by atoms with van der Waals surface area (Å²) >= 11 is 5.94. The molecule has 4 nitrogen and oxygen atoms in total. The maximum absolute atomic E-state index is 12.2. The van der Waals surface area contributed by atoms with Gasteiger partial charge in [-0.2, -0.15) is 0 Å². The summed E-state index contributed by atoms with van der Waals surface area (Å²) in [4.78, 5) is 2.48. The molecule has 1 saturated heterocycles. The van der Waals surface area contributed by atoms with E-state index >= 15 is 0 Å². The number of benzene rings is 1. The van der Waals surface area contributed by atoms with Crippen LogP contribution in [0, 0.1) is 0 Å². The maximum Gasteiger partial charge on any atom is 0.242 e. The molecule has 0 amide bonds. The van der Waals surface area contributed by atoms with Crippen molar-refractivity contribution < 1.29 is 8.42 Å². The molecule has 2 rings (SSSR count). The molecule has 1 heterocycles. The van der Waals surface area contributed by atoms with Gasteiger partial charge in [0.2, 0.25) is 10.0 Å². The first-order valence-corrected chi connectivity index (χ1v) is 8.85. The van der Waals surface area contributed by atoms with Gasteiger partial charge in [0.25, 0.3) is 0 Å². The highest BCUT2D eigenvalue weighted by molar-refractivity contribution is 7.89. The van der Waals surface area contributed by atoms with Gasteiger partial charge in [0.15, 0.2) is 0 Å². The van der Waals surface area contributed by atoms with E-state index in [1.54, 1.807) is 18.2 Å². The molecule has 20 heavy (non-hydrogen) atoms. The molecule has 1 atom stereocenters. The second-order valence-corrected chi connectivity index (χ2v) is 7.37. The van der Waals surface area contributed by atoms with Crippen LogP contribution in [0.15, 0.2) is 29.2 Å². The monoisotopic (exact) mass is 316 g/mol. The lowest BCUT2D eigenvalue weighted by atomic mass is 10.1. The maximum atomic E-state index is 12.2. The Balaban J connectivity index is 1.97. The molecule has 1 N–H and O–H groups in total. The van der Waals surface area contributed by atoms with Crippen LogP contribution in [0.5, 0.6) is 0 Å². The summed E-state index contributed by atoms with van der Waals surface area (Å²) in [5.41, 5.74) is 0. The van der Waals surface area contributed by atoms with E-state index in [1.807, 2.05) is 0 Å². The van der Waals surface area contributed by atoms with Crippen molar-refractivity contribution >= 4 is 21.6 Å². The van der Waals surface area contributed by atoms with Crippen molar-refractivity contribution in [3.63, 3.8) is 0 Å². The summed E-state index contributed by atoms with van der Waals surface area (Å²) in [6.45, 7) is 4.57. The molecule has 1 aliphatic heterocycles. The molecule has 112 valence electrons. The van der Waals surface area contributed by atoms with Crippen molar-refractivity contribution in [2.45, 2.75) is 37.1 Å². The van der Waals surface area contributed by atoms with Gasteiger partial charge in [0, 0.05) is 12.6 Å². The highest BCUT2D eigenvalue weighted by atomic mass is 35.5. The predicted molar refractivity (Wildman–Crippen MR) is 81.5 cm³/mol. The topological polar surface area (TPSA) is 49.4 Å². The first kappa shape index (κ1) is 15.8. The Labute approximate surface area is 126 Å². The third-order valence-corrected chi connectivity index (χ3v) is 5.63. The van der Waals surface area contributed by atoms with Crippen LogP contribution >= 0.6 is 11.6 Å². The SMILES string of the molecule is CC(CNS(=O)(=O)c1ccccc1Cl)N1CCCCC1. The smallest absolute Gasteiger partial charge is 0.242 e. The highest BCUT2D eigenvalue weighted by Crippen LogP contribution is 2.20. The van der Waals surface area contributed by atoms with Gasteiger partial charge in [0.1, 0.15) is 4.90 Å². The third-order valence-electron chi connectivity index (χ3n) is 3.71. The fourth-order valence-corrected chi connectivity index (χ4v) is 4.10. The van der Waals surface area contributed by atoms with E-state index in [0.717, 1.165) is 13.1 Å². The lowest BCUT2D eigenvalue weighted by Gasteiger charge is -2.32. The zero-order valence-electron chi connectivity index (χ0n) is 11.7. The fourth-order valence-electron chi connectivity index (χ4n) is 2.46. The van der Waals surface area contributed by atoms with Crippen LogP contribution in [0.25, 0.3) is 0 Å². The minimum Gasteiger partial charge on any atom is -0.299 e. The predicted octanol–water partition coefficient (Wildman–Crippen LogP) is 2.49. The van der Waals surface area contributed by atoms with Gasteiger partial charge < -0.3 is 0 Å². The van der Waals surface area contributed by atoms with E-state index in [9.17, 15) is 8.42 Å². The summed E-state index contributed by atoms with van der Waals surface area (Å²) in [7, 11) is -3.53. The van der Waals surface area contributed by atoms with Crippen molar-refractivity contribution in [2.75, 3.05) is 19.6 Å². The van der Waals surface area contributed by atoms with Gasteiger partial charge in [0.05, 0.1) is 5.02 Å². The van der Waals surface area contributed by atoms with Crippen molar-refractivity contribution in [3.05, 3.63) is 29.3 Å². The van der Waals surface area contributed by atoms with E-state index in [1.165, 1.54) is 25.3 Å². The zero-order chi connectivity index (χ0) is 14.6. The largest absolute Gasteiger partial charge is 0.299 e. The normalized spacial score (nSPS) is 18.9. The van der Waals surface area contributed by atoms with Gasteiger partial charge in [-0.15, -0.1) is 0 Å². The summed E-state index contributed by atoms with van der Waals surface area (Å²) < 4.78 is 27.1. The molecular formula is C14H21ClN2O2S. The lowest BCUT2D eigenvalue weighted by molar-refractivity contribution is 0.175. The second kappa shape index (κ2) is 6.89. The van der Waals surface area contributed by atoms with Crippen molar-refractivity contribution in [2.24, 2.45) is 0 Å². The molecule has 1 aromatic carbocycles. The van der Waals surface area contributed by atoms with Gasteiger partial charge >= 0.3 is 0 Å². The van der Waals surface area contributed by atoms with Crippen LogP contribution in [-0.2, 0) is 10.0 Å². The van der Waals surface area contributed by atoms with Gasteiger partial charge in [-0.05, 0) is 45.0 Å². The van der Waals surface area contributed by atoms with Crippen LogP contribution in [0.4, 0.5) is 0 Å². The number of sulfonamides is 1. The first-order chi connectivity index (χ1) is 9.50. The number of likely N-dealkylation sites (tertiary alicyclic amines) is 1. The number of piperidine rings is 1. The molecule has 0 aromatic heterocycles. The summed E-state index contributed by atoms with van der Waals surface area (Å²) in [6, 6.07) is 6.71. The van der Waals surface area contributed by atoms with Gasteiger partial charge in [-0.3, -0.25) is 4.90 Å². The molecule has 1 fully saturated rings. The number of rotatable bonds is 5. The van der Waals surface area contributed by atoms with E-state index in [-0.39, 0.29) is 16.0 Å². The minimum atomic E-state index is -3.53. The molecule has 6 heteroatoms. The molecule has 0 bridgehead atoms. The van der Waals surface area contributed by atoms with E-state index in [4.69, 9.17) is 11.6 Å². The highest BCUT2D eigenvalue weighted by Gasteiger charge is 2.21. The Hall–Kier alpha value is -0.620. The Morgan fingerprint density at radius 3 is 2.55 bits per heavy atom. The van der Waals surface area contributed by atoms with E-state index < -0.39 is 10.0 Å². The van der Waals surface area contributed by atoms with Crippen LogP contribution in [0.1, 0.15) is 26.2 Å². The molecule has 0 saturated carbocycles. The van der Waals surface area contributed by atoms with Crippen LogP contribution in [-0.4, -0.2) is 39.0 Å². The third kappa shape index (κ3) is 3.95. The summed E-state index contributed by atoms with van der Waals surface area (Å²) in [6.07, 6.45) is 3.66.